The number of benzene rings is 2. The van der Waals surface area contributed by atoms with E-state index < -0.39 is 18.1 Å². The first-order valence-electron chi connectivity index (χ1n) is 9.60. The fourth-order valence-corrected chi connectivity index (χ4v) is 3.87. The summed E-state index contributed by atoms with van der Waals surface area (Å²) in [7, 11) is 1.43. The van der Waals surface area contributed by atoms with Crippen LogP contribution in [0, 0.1) is 0 Å². The molecule has 7 heteroatoms. The van der Waals surface area contributed by atoms with Crippen molar-refractivity contribution in [1.82, 2.24) is 14.9 Å². The van der Waals surface area contributed by atoms with E-state index >= 15 is 0 Å². The maximum Gasteiger partial charge on any atom is 0.410 e. The second-order valence-electron chi connectivity index (χ2n) is 7.22. The van der Waals surface area contributed by atoms with Crippen molar-refractivity contribution in [2.75, 3.05) is 13.7 Å². The van der Waals surface area contributed by atoms with Crippen LogP contribution in [0.15, 0.2) is 67.3 Å². The maximum absolute atomic E-state index is 12.7. The predicted molar refractivity (Wildman–Crippen MR) is 110 cm³/mol. The monoisotopic (exact) mass is 403 g/mol. The molecule has 152 valence electrons. The molecule has 1 aliphatic carbocycles. The van der Waals surface area contributed by atoms with E-state index in [9.17, 15) is 14.7 Å². The number of aliphatic carboxylic acids is 1. The molecule has 0 aliphatic heterocycles. The number of carbonyl (C=O) groups excluding carboxylic acids is 1. The standard InChI is InChI=1S/C23H21N3O4/c1-26(21(22(27)28)10-15-11-24-14-25-12-15)23(29)30-13-20-18-8-4-2-6-16(18)17-7-3-5-9-19(17)20/h2-9,11-12,14,20-21H,10,13H2,1H3,(H,27,28)/t21-/m0/s1. The zero-order valence-corrected chi connectivity index (χ0v) is 16.4. The van der Waals surface area contributed by atoms with Crippen LogP contribution < -0.4 is 0 Å². The van der Waals surface area contributed by atoms with E-state index in [4.69, 9.17) is 4.74 Å². The highest BCUT2D eigenvalue weighted by molar-refractivity contribution is 5.81. The van der Waals surface area contributed by atoms with Crippen LogP contribution in [0.5, 0.6) is 0 Å². The molecule has 2 aromatic carbocycles. The van der Waals surface area contributed by atoms with Crippen molar-refractivity contribution in [3.05, 3.63) is 83.9 Å². The van der Waals surface area contributed by atoms with Crippen molar-refractivity contribution in [2.24, 2.45) is 0 Å². The van der Waals surface area contributed by atoms with Crippen molar-refractivity contribution < 1.29 is 19.4 Å². The van der Waals surface area contributed by atoms with E-state index in [1.165, 1.54) is 25.8 Å². The van der Waals surface area contributed by atoms with E-state index in [-0.39, 0.29) is 18.9 Å². The first kappa shape index (κ1) is 19.6. The van der Waals surface area contributed by atoms with Gasteiger partial charge in [0.15, 0.2) is 0 Å². The van der Waals surface area contributed by atoms with Gasteiger partial charge in [0.2, 0.25) is 0 Å². The van der Waals surface area contributed by atoms with E-state index in [2.05, 4.69) is 22.1 Å². The Kier molecular flexibility index (Phi) is 5.43. The van der Waals surface area contributed by atoms with Crippen LogP contribution in [0.2, 0.25) is 0 Å². The van der Waals surface area contributed by atoms with Crippen LogP contribution in [0.1, 0.15) is 22.6 Å². The molecule has 0 saturated heterocycles. The lowest BCUT2D eigenvalue weighted by atomic mass is 9.98. The Balaban J connectivity index is 1.48. The number of fused-ring (bicyclic) bond motifs is 3. The van der Waals surface area contributed by atoms with Gasteiger partial charge >= 0.3 is 12.1 Å². The predicted octanol–water partition coefficient (Wildman–Crippen LogP) is 3.35. The van der Waals surface area contributed by atoms with Gasteiger partial charge in [0.25, 0.3) is 0 Å². The smallest absolute Gasteiger partial charge is 0.410 e. The summed E-state index contributed by atoms with van der Waals surface area (Å²) < 4.78 is 5.56. The van der Waals surface area contributed by atoms with E-state index in [0.717, 1.165) is 27.2 Å². The van der Waals surface area contributed by atoms with E-state index in [1.807, 2.05) is 36.4 Å². The zero-order chi connectivity index (χ0) is 21.1. The minimum atomic E-state index is -1.12. The van der Waals surface area contributed by atoms with Crippen molar-refractivity contribution >= 4 is 12.1 Å². The second-order valence-corrected chi connectivity index (χ2v) is 7.22. The topological polar surface area (TPSA) is 92.6 Å². The molecule has 1 amide bonds. The summed E-state index contributed by atoms with van der Waals surface area (Å²) in [5, 5.41) is 9.60. The minimum Gasteiger partial charge on any atom is -0.480 e. The highest BCUT2D eigenvalue weighted by Crippen LogP contribution is 2.44. The van der Waals surface area contributed by atoms with Gasteiger partial charge in [-0.1, -0.05) is 48.5 Å². The summed E-state index contributed by atoms with van der Waals surface area (Å²) in [5.41, 5.74) is 5.10. The number of amides is 1. The molecule has 0 spiro atoms. The molecule has 1 aliphatic rings. The first-order valence-corrected chi connectivity index (χ1v) is 9.60. The van der Waals surface area contributed by atoms with E-state index in [0.29, 0.717) is 5.56 Å². The third-order valence-corrected chi connectivity index (χ3v) is 5.42. The molecular weight excluding hydrogens is 382 g/mol. The van der Waals surface area contributed by atoms with Gasteiger partial charge in [0.1, 0.15) is 19.0 Å². The third kappa shape index (κ3) is 3.74. The molecule has 1 atom stereocenters. The normalized spacial score (nSPS) is 13.2. The number of nitrogens with zero attached hydrogens (tertiary/aromatic N) is 3. The molecular formula is C23H21N3O4. The molecule has 0 saturated carbocycles. The molecule has 3 aromatic rings. The summed E-state index contributed by atoms with van der Waals surface area (Å²) in [4.78, 5) is 33.3. The zero-order valence-electron chi connectivity index (χ0n) is 16.4. The quantitative estimate of drug-likeness (QED) is 0.679. The molecule has 0 fully saturated rings. The number of carboxylic acid groups (broad SMARTS) is 1. The molecule has 1 aromatic heterocycles. The molecule has 1 heterocycles. The lowest BCUT2D eigenvalue weighted by Gasteiger charge is -2.25. The lowest BCUT2D eigenvalue weighted by molar-refractivity contribution is -0.142. The molecule has 1 N–H and O–H groups in total. The van der Waals surface area contributed by atoms with Gasteiger partial charge in [-0.2, -0.15) is 0 Å². The van der Waals surface area contributed by atoms with Crippen LogP contribution >= 0.6 is 0 Å². The molecule has 0 unspecified atom stereocenters. The number of hydrogen-bond acceptors (Lipinski definition) is 5. The molecule has 30 heavy (non-hydrogen) atoms. The third-order valence-electron chi connectivity index (χ3n) is 5.42. The minimum absolute atomic E-state index is 0.0828. The molecule has 4 rings (SSSR count). The van der Waals surface area contributed by atoms with Crippen LogP contribution in [0.25, 0.3) is 11.1 Å². The number of likely N-dealkylation sites (N-methyl/N-ethyl adjacent to an activating group) is 1. The van der Waals surface area contributed by atoms with Crippen LogP contribution in [-0.4, -0.2) is 51.7 Å². The second kappa shape index (κ2) is 8.32. The Morgan fingerprint density at radius 1 is 1.03 bits per heavy atom. The number of hydrogen-bond donors (Lipinski definition) is 1. The molecule has 0 radical (unpaired) electrons. The number of aromatic nitrogens is 2. The van der Waals surface area contributed by atoms with Gasteiger partial charge in [0, 0.05) is 31.8 Å². The highest BCUT2D eigenvalue weighted by Gasteiger charge is 2.32. The largest absolute Gasteiger partial charge is 0.480 e. The Bertz CT molecular complexity index is 1030. The van der Waals surface area contributed by atoms with Crippen molar-refractivity contribution in [2.45, 2.75) is 18.4 Å². The Morgan fingerprint density at radius 3 is 2.17 bits per heavy atom. The van der Waals surface area contributed by atoms with Gasteiger partial charge in [-0.3, -0.25) is 4.90 Å². The Morgan fingerprint density at radius 2 is 1.60 bits per heavy atom. The summed E-state index contributed by atoms with van der Waals surface area (Å²) in [6.45, 7) is 0.137. The Hall–Kier alpha value is -3.74. The van der Waals surface area contributed by atoms with Gasteiger partial charge in [-0.25, -0.2) is 19.6 Å². The Labute approximate surface area is 174 Å². The first-order chi connectivity index (χ1) is 14.6. The number of carboxylic acids is 1. The molecule has 0 bridgehead atoms. The SMILES string of the molecule is CN(C(=O)OCC1c2ccccc2-c2ccccc21)[C@@H](Cc1cncnc1)C(=O)O. The van der Waals surface area contributed by atoms with Gasteiger partial charge in [-0.05, 0) is 27.8 Å². The molecule has 7 nitrogen and oxygen atoms in total. The van der Waals surface area contributed by atoms with Crippen molar-refractivity contribution in [3.8, 4) is 11.1 Å². The van der Waals surface area contributed by atoms with Crippen LogP contribution in [-0.2, 0) is 16.0 Å². The van der Waals surface area contributed by atoms with Gasteiger partial charge in [-0.15, -0.1) is 0 Å². The lowest BCUT2D eigenvalue weighted by Crippen LogP contribution is -2.44. The average molecular weight is 403 g/mol. The number of carbonyl (C=O) groups is 2. The average Bonchev–Trinajstić information content (AvgIpc) is 3.09. The van der Waals surface area contributed by atoms with Crippen LogP contribution in [0.3, 0.4) is 0 Å². The fourth-order valence-electron chi connectivity index (χ4n) is 3.87. The van der Waals surface area contributed by atoms with Gasteiger partial charge < -0.3 is 9.84 Å². The highest BCUT2D eigenvalue weighted by atomic mass is 16.6. The van der Waals surface area contributed by atoms with Crippen LogP contribution in [0.4, 0.5) is 4.79 Å². The maximum atomic E-state index is 12.7. The van der Waals surface area contributed by atoms with Crippen molar-refractivity contribution in [3.63, 3.8) is 0 Å². The van der Waals surface area contributed by atoms with Gasteiger partial charge in [0.05, 0.1) is 0 Å². The number of rotatable bonds is 6. The summed E-state index contributed by atoms with van der Waals surface area (Å²) in [5.74, 6) is -1.20. The fraction of sp³-hybridized carbons (Fsp3) is 0.217. The number of ether oxygens (including phenoxy) is 1. The summed E-state index contributed by atoms with van der Waals surface area (Å²) in [6, 6.07) is 15.0. The van der Waals surface area contributed by atoms with Crippen molar-refractivity contribution in [1.29, 1.82) is 0 Å². The van der Waals surface area contributed by atoms with E-state index in [1.54, 1.807) is 0 Å². The summed E-state index contributed by atoms with van der Waals surface area (Å²) in [6.07, 6.45) is 3.86. The summed E-state index contributed by atoms with van der Waals surface area (Å²) >= 11 is 0.